The molecule has 0 aliphatic rings. The average molecular weight is 236 g/mol. The van der Waals surface area contributed by atoms with Crippen LogP contribution in [0.1, 0.15) is 39.2 Å². The minimum atomic E-state index is -0.287. The molecule has 0 amide bonds. The van der Waals surface area contributed by atoms with Crippen molar-refractivity contribution >= 4 is 0 Å². The van der Waals surface area contributed by atoms with Gasteiger partial charge in [0.2, 0.25) is 0 Å². The lowest BCUT2D eigenvalue weighted by molar-refractivity contribution is 0.145. The van der Waals surface area contributed by atoms with Gasteiger partial charge in [-0.1, -0.05) is 39.0 Å². The molecule has 0 radical (unpaired) electrons. The topological polar surface area (TPSA) is 29.5 Å². The van der Waals surface area contributed by atoms with Crippen LogP contribution in [-0.4, -0.2) is 18.3 Å². The smallest absolute Gasteiger partial charge is 0.122 e. The second-order valence-corrected chi connectivity index (χ2v) is 5.77. The van der Waals surface area contributed by atoms with Gasteiger partial charge in [0, 0.05) is 6.42 Å². The summed E-state index contributed by atoms with van der Waals surface area (Å²) in [6.07, 6.45) is 2.25. The Kier molecular flexibility index (Phi) is 5.01. The molecule has 17 heavy (non-hydrogen) atoms. The molecule has 0 aliphatic carbocycles. The Morgan fingerprint density at radius 1 is 1.24 bits per heavy atom. The number of para-hydroxylation sites is 1. The highest BCUT2D eigenvalue weighted by atomic mass is 16.5. The van der Waals surface area contributed by atoms with Crippen LogP contribution < -0.4 is 4.74 Å². The Labute approximate surface area is 105 Å². The van der Waals surface area contributed by atoms with Crippen LogP contribution in [0, 0.1) is 5.41 Å². The SMILES string of the molecule is COc1ccccc1CC(O)CCC(C)(C)C. The van der Waals surface area contributed by atoms with Gasteiger partial charge in [0.05, 0.1) is 13.2 Å². The highest BCUT2D eigenvalue weighted by Gasteiger charge is 2.15. The maximum Gasteiger partial charge on any atom is 0.122 e. The van der Waals surface area contributed by atoms with Crippen molar-refractivity contribution in [3.05, 3.63) is 29.8 Å². The van der Waals surface area contributed by atoms with E-state index in [0.717, 1.165) is 24.2 Å². The summed E-state index contributed by atoms with van der Waals surface area (Å²) in [6, 6.07) is 7.88. The molecule has 0 aliphatic heterocycles. The van der Waals surface area contributed by atoms with Crippen molar-refractivity contribution in [2.75, 3.05) is 7.11 Å². The molecule has 1 aromatic rings. The molecule has 1 rings (SSSR count). The molecular weight excluding hydrogens is 212 g/mol. The van der Waals surface area contributed by atoms with E-state index in [4.69, 9.17) is 4.74 Å². The molecule has 0 saturated heterocycles. The van der Waals surface area contributed by atoms with E-state index in [0.29, 0.717) is 6.42 Å². The van der Waals surface area contributed by atoms with Crippen molar-refractivity contribution in [1.82, 2.24) is 0 Å². The van der Waals surface area contributed by atoms with Crippen LogP contribution in [0.25, 0.3) is 0 Å². The molecule has 1 unspecified atom stereocenters. The molecule has 0 fully saturated rings. The van der Waals surface area contributed by atoms with Crippen molar-refractivity contribution in [2.24, 2.45) is 5.41 Å². The summed E-state index contributed by atoms with van der Waals surface area (Å²) >= 11 is 0. The molecule has 1 atom stereocenters. The number of hydrogen-bond donors (Lipinski definition) is 1. The highest BCUT2D eigenvalue weighted by Crippen LogP contribution is 2.24. The van der Waals surface area contributed by atoms with Crippen molar-refractivity contribution < 1.29 is 9.84 Å². The first-order valence-corrected chi connectivity index (χ1v) is 6.22. The third-order valence-electron chi connectivity index (χ3n) is 2.88. The van der Waals surface area contributed by atoms with Gasteiger partial charge < -0.3 is 9.84 Å². The van der Waals surface area contributed by atoms with E-state index in [-0.39, 0.29) is 11.5 Å². The lowest BCUT2D eigenvalue weighted by atomic mass is 9.88. The van der Waals surface area contributed by atoms with Crippen LogP contribution in [0.2, 0.25) is 0 Å². The third kappa shape index (κ3) is 5.22. The van der Waals surface area contributed by atoms with E-state index in [2.05, 4.69) is 20.8 Å². The first-order valence-electron chi connectivity index (χ1n) is 6.22. The van der Waals surface area contributed by atoms with Crippen molar-refractivity contribution in [3.63, 3.8) is 0 Å². The van der Waals surface area contributed by atoms with Gasteiger partial charge in [0.1, 0.15) is 5.75 Å². The number of aliphatic hydroxyl groups excluding tert-OH is 1. The summed E-state index contributed by atoms with van der Waals surface area (Å²) in [7, 11) is 1.67. The minimum absolute atomic E-state index is 0.280. The van der Waals surface area contributed by atoms with Crippen LogP contribution in [0.15, 0.2) is 24.3 Å². The zero-order valence-electron chi connectivity index (χ0n) is 11.4. The van der Waals surface area contributed by atoms with Gasteiger partial charge in [0.15, 0.2) is 0 Å². The van der Waals surface area contributed by atoms with Crippen LogP contribution in [0.3, 0.4) is 0 Å². The van der Waals surface area contributed by atoms with Gasteiger partial charge in [-0.3, -0.25) is 0 Å². The minimum Gasteiger partial charge on any atom is -0.496 e. The van der Waals surface area contributed by atoms with Crippen molar-refractivity contribution in [1.29, 1.82) is 0 Å². The van der Waals surface area contributed by atoms with Crippen LogP contribution in [0.5, 0.6) is 5.75 Å². The van der Waals surface area contributed by atoms with E-state index in [9.17, 15) is 5.11 Å². The van der Waals surface area contributed by atoms with Crippen LogP contribution >= 0.6 is 0 Å². The summed E-state index contributed by atoms with van der Waals surface area (Å²) in [6.45, 7) is 6.59. The van der Waals surface area contributed by atoms with Gasteiger partial charge in [-0.05, 0) is 29.9 Å². The fourth-order valence-corrected chi connectivity index (χ4v) is 1.83. The first-order chi connectivity index (χ1) is 7.92. The molecule has 1 N–H and O–H groups in total. The van der Waals surface area contributed by atoms with Crippen LogP contribution in [-0.2, 0) is 6.42 Å². The zero-order chi connectivity index (χ0) is 12.9. The summed E-state index contributed by atoms with van der Waals surface area (Å²) < 4.78 is 5.28. The molecule has 0 spiro atoms. The fourth-order valence-electron chi connectivity index (χ4n) is 1.83. The zero-order valence-corrected chi connectivity index (χ0v) is 11.4. The van der Waals surface area contributed by atoms with Crippen molar-refractivity contribution in [3.8, 4) is 5.75 Å². The summed E-state index contributed by atoms with van der Waals surface area (Å²) in [5, 5.41) is 10.0. The van der Waals surface area contributed by atoms with Gasteiger partial charge in [-0.2, -0.15) is 0 Å². The maximum absolute atomic E-state index is 10.0. The first kappa shape index (κ1) is 14.0. The number of aliphatic hydroxyl groups is 1. The molecular formula is C15H24O2. The third-order valence-corrected chi connectivity index (χ3v) is 2.88. The summed E-state index contributed by atoms with van der Waals surface area (Å²) in [5.41, 5.74) is 1.36. The van der Waals surface area contributed by atoms with E-state index >= 15 is 0 Å². The Morgan fingerprint density at radius 2 is 1.88 bits per heavy atom. The van der Waals surface area contributed by atoms with Gasteiger partial charge >= 0.3 is 0 Å². The molecule has 0 bridgehead atoms. The molecule has 2 nitrogen and oxygen atoms in total. The number of benzene rings is 1. The lowest BCUT2D eigenvalue weighted by Crippen LogP contribution is -2.15. The number of rotatable bonds is 5. The van der Waals surface area contributed by atoms with E-state index < -0.39 is 0 Å². The largest absolute Gasteiger partial charge is 0.496 e. The summed E-state index contributed by atoms with van der Waals surface area (Å²) in [5.74, 6) is 0.863. The molecule has 0 saturated carbocycles. The standard InChI is InChI=1S/C15H24O2/c1-15(2,3)10-9-13(16)11-12-7-5-6-8-14(12)17-4/h5-8,13,16H,9-11H2,1-4H3. The second-order valence-electron chi connectivity index (χ2n) is 5.77. The number of ether oxygens (including phenoxy) is 1. The highest BCUT2D eigenvalue weighted by molar-refractivity contribution is 5.33. The summed E-state index contributed by atoms with van der Waals surface area (Å²) in [4.78, 5) is 0. The second kappa shape index (κ2) is 6.06. The van der Waals surface area contributed by atoms with E-state index in [1.807, 2.05) is 24.3 Å². The van der Waals surface area contributed by atoms with E-state index in [1.165, 1.54) is 0 Å². The normalized spacial score (nSPS) is 13.5. The van der Waals surface area contributed by atoms with E-state index in [1.54, 1.807) is 7.11 Å². The monoisotopic (exact) mass is 236 g/mol. The molecule has 1 aromatic carbocycles. The Balaban J connectivity index is 2.53. The van der Waals surface area contributed by atoms with Crippen LogP contribution in [0.4, 0.5) is 0 Å². The lowest BCUT2D eigenvalue weighted by Gasteiger charge is -2.20. The molecule has 96 valence electrons. The number of methoxy groups -OCH3 is 1. The van der Waals surface area contributed by atoms with Gasteiger partial charge in [-0.25, -0.2) is 0 Å². The van der Waals surface area contributed by atoms with Crippen molar-refractivity contribution in [2.45, 2.75) is 46.1 Å². The van der Waals surface area contributed by atoms with Gasteiger partial charge in [-0.15, -0.1) is 0 Å². The quantitative estimate of drug-likeness (QED) is 0.848. The maximum atomic E-state index is 10.0. The Bertz CT molecular complexity index is 339. The Hall–Kier alpha value is -1.02. The molecule has 2 heteroatoms. The molecule has 0 aromatic heterocycles. The molecule has 0 heterocycles. The average Bonchev–Trinajstić information content (AvgIpc) is 2.26. The number of hydrogen-bond acceptors (Lipinski definition) is 2. The Morgan fingerprint density at radius 3 is 2.47 bits per heavy atom. The fraction of sp³-hybridized carbons (Fsp3) is 0.600. The predicted molar refractivity (Wildman–Crippen MR) is 71.4 cm³/mol. The van der Waals surface area contributed by atoms with Gasteiger partial charge in [0.25, 0.3) is 0 Å². The predicted octanol–water partition coefficient (Wildman–Crippen LogP) is 3.42.